The molecular weight excluding hydrogens is 414 g/mol. The van der Waals surface area contributed by atoms with E-state index >= 15 is 0 Å². The normalized spacial score (nSPS) is 10.7. The number of amides is 3. The van der Waals surface area contributed by atoms with E-state index in [9.17, 15) is 14.4 Å². The Morgan fingerprint density at radius 3 is 2.50 bits per heavy atom. The van der Waals surface area contributed by atoms with E-state index < -0.39 is 17.7 Å². The van der Waals surface area contributed by atoms with Gasteiger partial charge in [0.05, 0.1) is 6.26 Å². The molecule has 1 aromatic carbocycles. The second kappa shape index (κ2) is 8.26. The fraction of sp³-hybridized carbons (Fsp3) is 0.0909. The van der Waals surface area contributed by atoms with E-state index in [0.717, 1.165) is 5.56 Å². The molecule has 3 aromatic heterocycles. The van der Waals surface area contributed by atoms with Crippen LogP contribution in [0.3, 0.4) is 0 Å². The van der Waals surface area contributed by atoms with Gasteiger partial charge in [0.15, 0.2) is 17.2 Å². The summed E-state index contributed by atoms with van der Waals surface area (Å²) in [4.78, 5) is 36.2. The fourth-order valence-corrected chi connectivity index (χ4v) is 3.00. The minimum absolute atomic E-state index is 0.0452. The number of carbonyl (C=O) groups excluding carboxylic acids is 3. The standard InChI is InChI=1S/C22H19N5O5/c1-12-5-6-13(16-7-8-17(32-16)20(23)28)10-14(12)24-21(29)15-11-19(27(2)26-15)25-22(30)18-4-3-9-31-18/h3-11H,1-2H3,(H2,23,28)(H,24,29)(H,25,30). The van der Waals surface area contributed by atoms with Gasteiger partial charge in [-0.3, -0.25) is 19.1 Å². The Kier molecular flexibility index (Phi) is 5.34. The van der Waals surface area contributed by atoms with Crippen molar-refractivity contribution in [3.8, 4) is 11.3 Å². The molecule has 32 heavy (non-hydrogen) atoms. The van der Waals surface area contributed by atoms with Gasteiger partial charge in [-0.25, -0.2) is 0 Å². The number of furan rings is 2. The van der Waals surface area contributed by atoms with Crippen molar-refractivity contribution in [2.24, 2.45) is 12.8 Å². The number of carbonyl (C=O) groups is 3. The van der Waals surface area contributed by atoms with Gasteiger partial charge < -0.3 is 25.2 Å². The molecule has 3 heterocycles. The van der Waals surface area contributed by atoms with E-state index in [-0.39, 0.29) is 17.2 Å². The molecule has 0 fully saturated rings. The Morgan fingerprint density at radius 2 is 1.81 bits per heavy atom. The van der Waals surface area contributed by atoms with E-state index in [1.165, 1.54) is 29.1 Å². The molecule has 10 heteroatoms. The Labute approximate surface area is 182 Å². The first-order valence-corrected chi connectivity index (χ1v) is 9.52. The molecule has 0 atom stereocenters. The van der Waals surface area contributed by atoms with Crippen LogP contribution in [-0.4, -0.2) is 27.5 Å². The number of hydrogen-bond donors (Lipinski definition) is 3. The molecule has 0 unspecified atom stereocenters. The maximum absolute atomic E-state index is 12.8. The number of aryl methyl sites for hydroxylation is 2. The first-order valence-electron chi connectivity index (χ1n) is 9.52. The molecule has 0 spiro atoms. The van der Waals surface area contributed by atoms with E-state index in [0.29, 0.717) is 22.8 Å². The van der Waals surface area contributed by atoms with Gasteiger partial charge in [-0.2, -0.15) is 5.10 Å². The van der Waals surface area contributed by atoms with Gasteiger partial charge in [0, 0.05) is 24.4 Å². The zero-order chi connectivity index (χ0) is 22.8. The quantitative estimate of drug-likeness (QED) is 0.426. The number of nitrogens with two attached hydrogens (primary N) is 1. The van der Waals surface area contributed by atoms with Crippen LogP contribution in [0.5, 0.6) is 0 Å². The Hall–Kier alpha value is -4.60. The highest BCUT2D eigenvalue weighted by Gasteiger charge is 2.18. The van der Waals surface area contributed by atoms with Gasteiger partial charge in [0.2, 0.25) is 0 Å². The molecule has 0 aliphatic rings. The van der Waals surface area contributed by atoms with Crippen LogP contribution in [0.1, 0.15) is 37.2 Å². The molecule has 162 valence electrons. The second-order valence-electron chi connectivity index (χ2n) is 6.98. The van der Waals surface area contributed by atoms with Crippen molar-refractivity contribution in [2.75, 3.05) is 10.6 Å². The number of primary amides is 1. The monoisotopic (exact) mass is 433 g/mol. The van der Waals surface area contributed by atoms with Crippen molar-refractivity contribution in [1.29, 1.82) is 0 Å². The third-order valence-corrected chi connectivity index (χ3v) is 4.72. The number of rotatable bonds is 6. The molecule has 0 radical (unpaired) electrons. The molecule has 3 amide bonds. The van der Waals surface area contributed by atoms with Gasteiger partial charge >= 0.3 is 0 Å². The van der Waals surface area contributed by atoms with E-state index in [1.54, 1.807) is 31.3 Å². The SMILES string of the molecule is Cc1ccc(-c2ccc(C(N)=O)o2)cc1NC(=O)c1cc(NC(=O)c2ccco2)n(C)n1. The lowest BCUT2D eigenvalue weighted by atomic mass is 10.1. The highest BCUT2D eigenvalue weighted by Crippen LogP contribution is 2.27. The third kappa shape index (κ3) is 4.15. The summed E-state index contributed by atoms with van der Waals surface area (Å²) in [6.07, 6.45) is 1.39. The number of benzene rings is 1. The Bertz CT molecular complexity index is 1320. The molecule has 4 rings (SSSR count). The highest BCUT2D eigenvalue weighted by atomic mass is 16.4. The smallest absolute Gasteiger partial charge is 0.292 e. The predicted octanol–water partition coefficient (Wildman–Crippen LogP) is 3.19. The first-order chi connectivity index (χ1) is 15.3. The summed E-state index contributed by atoms with van der Waals surface area (Å²) in [6.45, 7) is 1.84. The van der Waals surface area contributed by atoms with E-state index in [4.69, 9.17) is 14.6 Å². The molecule has 0 saturated carbocycles. The molecule has 0 bridgehead atoms. The van der Waals surface area contributed by atoms with Crippen molar-refractivity contribution in [3.63, 3.8) is 0 Å². The van der Waals surface area contributed by atoms with Gasteiger partial charge in [-0.05, 0) is 42.8 Å². The van der Waals surface area contributed by atoms with Gasteiger partial charge in [-0.1, -0.05) is 12.1 Å². The minimum atomic E-state index is -0.665. The minimum Gasteiger partial charge on any atom is -0.459 e. The summed E-state index contributed by atoms with van der Waals surface area (Å²) in [5.41, 5.74) is 7.35. The number of anilines is 2. The van der Waals surface area contributed by atoms with E-state index in [1.807, 2.05) is 13.0 Å². The van der Waals surface area contributed by atoms with Crippen LogP contribution in [0, 0.1) is 6.92 Å². The van der Waals surface area contributed by atoms with Crippen LogP contribution < -0.4 is 16.4 Å². The predicted molar refractivity (Wildman–Crippen MR) is 115 cm³/mol. The number of nitrogens with one attached hydrogen (secondary N) is 2. The average molecular weight is 433 g/mol. The second-order valence-corrected chi connectivity index (χ2v) is 6.98. The maximum atomic E-state index is 12.8. The third-order valence-electron chi connectivity index (χ3n) is 4.72. The molecule has 0 saturated heterocycles. The van der Waals surface area contributed by atoms with Crippen LogP contribution in [0.25, 0.3) is 11.3 Å². The molecular formula is C22H19N5O5. The van der Waals surface area contributed by atoms with Crippen LogP contribution in [0.4, 0.5) is 11.5 Å². The molecule has 0 aliphatic carbocycles. The van der Waals surface area contributed by atoms with Crippen molar-refractivity contribution >= 4 is 29.2 Å². The lowest BCUT2D eigenvalue weighted by Crippen LogP contribution is -2.14. The van der Waals surface area contributed by atoms with Crippen molar-refractivity contribution in [3.05, 3.63) is 77.6 Å². The summed E-state index contributed by atoms with van der Waals surface area (Å²) in [5.74, 6) is -0.627. The summed E-state index contributed by atoms with van der Waals surface area (Å²) in [7, 11) is 1.60. The van der Waals surface area contributed by atoms with Crippen molar-refractivity contribution in [2.45, 2.75) is 6.92 Å². The van der Waals surface area contributed by atoms with Gasteiger partial charge in [0.25, 0.3) is 17.7 Å². The number of aromatic nitrogens is 2. The first kappa shape index (κ1) is 20.7. The van der Waals surface area contributed by atoms with Crippen molar-refractivity contribution < 1.29 is 23.2 Å². The number of nitrogens with zero attached hydrogens (tertiary/aromatic N) is 2. The molecule has 0 aliphatic heterocycles. The van der Waals surface area contributed by atoms with Gasteiger partial charge in [-0.15, -0.1) is 0 Å². The summed E-state index contributed by atoms with van der Waals surface area (Å²) < 4.78 is 11.9. The summed E-state index contributed by atoms with van der Waals surface area (Å²) >= 11 is 0. The topological polar surface area (TPSA) is 145 Å². The van der Waals surface area contributed by atoms with Crippen LogP contribution >= 0.6 is 0 Å². The fourth-order valence-electron chi connectivity index (χ4n) is 3.00. The van der Waals surface area contributed by atoms with Crippen LogP contribution in [0.15, 0.2) is 63.6 Å². The molecule has 4 aromatic rings. The lowest BCUT2D eigenvalue weighted by molar-refractivity contribution is 0.0972. The van der Waals surface area contributed by atoms with Crippen molar-refractivity contribution in [1.82, 2.24) is 9.78 Å². The summed E-state index contributed by atoms with van der Waals surface area (Å²) in [5, 5.41) is 9.61. The maximum Gasteiger partial charge on any atom is 0.292 e. The highest BCUT2D eigenvalue weighted by molar-refractivity contribution is 6.06. The van der Waals surface area contributed by atoms with Crippen LogP contribution in [-0.2, 0) is 7.05 Å². The largest absolute Gasteiger partial charge is 0.459 e. The average Bonchev–Trinajstić information content (AvgIpc) is 3.51. The summed E-state index contributed by atoms with van der Waals surface area (Å²) in [6, 6.07) is 13.0. The Morgan fingerprint density at radius 1 is 1.00 bits per heavy atom. The zero-order valence-electron chi connectivity index (χ0n) is 17.2. The van der Waals surface area contributed by atoms with E-state index in [2.05, 4.69) is 15.7 Å². The zero-order valence-corrected chi connectivity index (χ0v) is 17.2. The lowest BCUT2D eigenvalue weighted by Gasteiger charge is -2.09. The van der Waals surface area contributed by atoms with Gasteiger partial charge in [0.1, 0.15) is 11.6 Å². The molecule has 4 N–H and O–H groups in total. The molecule has 10 nitrogen and oxygen atoms in total. The number of hydrogen-bond acceptors (Lipinski definition) is 6. The Balaban J connectivity index is 1.52. The van der Waals surface area contributed by atoms with Crippen LogP contribution in [0.2, 0.25) is 0 Å².